The number of aliphatic imine (C=N–C) groups is 1. The predicted molar refractivity (Wildman–Crippen MR) is 107 cm³/mol. The van der Waals surface area contributed by atoms with E-state index in [-0.39, 0.29) is 0 Å². The van der Waals surface area contributed by atoms with Crippen LogP contribution in [-0.4, -0.2) is 33.3 Å². The van der Waals surface area contributed by atoms with Gasteiger partial charge >= 0.3 is 0 Å². The van der Waals surface area contributed by atoms with Crippen LogP contribution in [0.3, 0.4) is 0 Å². The second kappa shape index (κ2) is 9.37. The lowest BCUT2D eigenvalue weighted by atomic mass is 10.2. The SMILES string of the molecule is CN=C(NCc1cccc(OC)c1)NCc1cc(Cl)c2c(c1)OCCCO2. The molecule has 0 amide bonds. The highest BCUT2D eigenvalue weighted by molar-refractivity contribution is 6.32. The number of methoxy groups -OCH3 is 1. The van der Waals surface area contributed by atoms with Gasteiger partial charge in [-0.25, -0.2) is 0 Å². The number of hydrogen-bond donors (Lipinski definition) is 2. The van der Waals surface area contributed by atoms with Crippen LogP contribution in [0.25, 0.3) is 0 Å². The zero-order chi connectivity index (χ0) is 19.1. The Morgan fingerprint density at radius 3 is 2.67 bits per heavy atom. The van der Waals surface area contributed by atoms with E-state index in [9.17, 15) is 0 Å². The number of rotatable bonds is 5. The van der Waals surface area contributed by atoms with Crippen LogP contribution in [0, 0.1) is 0 Å². The van der Waals surface area contributed by atoms with Crippen molar-refractivity contribution in [2.24, 2.45) is 4.99 Å². The first kappa shape index (κ1) is 19.2. The number of ether oxygens (including phenoxy) is 3. The van der Waals surface area contributed by atoms with Gasteiger partial charge in [0.15, 0.2) is 17.5 Å². The maximum Gasteiger partial charge on any atom is 0.191 e. The van der Waals surface area contributed by atoms with E-state index in [0.29, 0.717) is 48.8 Å². The largest absolute Gasteiger partial charge is 0.497 e. The standard InChI is InChI=1S/C20H24ClN3O3/c1-22-20(23-12-14-5-3-6-16(9-14)25-2)24-13-15-10-17(21)19-18(11-15)26-7-4-8-27-19/h3,5-6,9-11H,4,7-8,12-13H2,1-2H3,(H2,22,23,24). The molecule has 144 valence electrons. The maximum atomic E-state index is 6.35. The molecule has 1 heterocycles. The quantitative estimate of drug-likeness (QED) is 0.606. The highest BCUT2D eigenvalue weighted by atomic mass is 35.5. The minimum absolute atomic E-state index is 0.561. The number of nitrogens with one attached hydrogen (secondary N) is 2. The fourth-order valence-corrected chi connectivity index (χ4v) is 3.05. The first-order valence-corrected chi connectivity index (χ1v) is 9.23. The molecule has 0 atom stereocenters. The molecule has 0 bridgehead atoms. The van der Waals surface area contributed by atoms with Crippen LogP contribution in [0.4, 0.5) is 0 Å². The first-order chi connectivity index (χ1) is 13.2. The van der Waals surface area contributed by atoms with Gasteiger partial charge in [0.25, 0.3) is 0 Å². The lowest BCUT2D eigenvalue weighted by Crippen LogP contribution is -2.36. The molecule has 0 fully saturated rings. The van der Waals surface area contributed by atoms with Gasteiger partial charge in [-0.15, -0.1) is 0 Å². The summed E-state index contributed by atoms with van der Waals surface area (Å²) in [7, 11) is 3.40. The number of halogens is 1. The molecule has 1 aliphatic heterocycles. The molecule has 0 saturated heterocycles. The van der Waals surface area contributed by atoms with Gasteiger partial charge in [0, 0.05) is 26.6 Å². The second-order valence-corrected chi connectivity index (χ2v) is 6.49. The van der Waals surface area contributed by atoms with Crippen LogP contribution in [0.2, 0.25) is 5.02 Å². The monoisotopic (exact) mass is 389 g/mol. The third-order valence-corrected chi connectivity index (χ3v) is 4.42. The lowest BCUT2D eigenvalue weighted by Gasteiger charge is -2.14. The van der Waals surface area contributed by atoms with Crippen LogP contribution in [0.5, 0.6) is 17.2 Å². The van der Waals surface area contributed by atoms with E-state index in [2.05, 4.69) is 15.6 Å². The topological polar surface area (TPSA) is 64.1 Å². The summed E-state index contributed by atoms with van der Waals surface area (Å²) in [5.74, 6) is 2.84. The molecule has 3 rings (SSSR count). The highest BCUT2D eigenvalue weighted by Crippen LogP contribution is 2.37. The summed E-state index contributed by atoms with van der Waals surface area (Å²) in [4.78, 5) is 4.26. The van der Waals surface area contributed by atoms with Gasteiger partial charge in [0.2, 0.25) is 0 Å². The normalized spacial score (nSPS) is 13.7. The van der Waals surface area contributed by atoms with Gasteiger partial charge in [0.1, 0.15) is 5.75 Å². The van der Waals surface area contributed by atoms with E-state index < -0.39 is 0 Å². The molecule has 27 heavy (non-hydrogen) atoms. The van der Waals surface area contributed by atoms with Gasteiger partial charge in [0.05, 0.1) is 25.3 Å². The summed E-state index contributed by atoms with van der Waals surface area (Å²) in [6.45, 7) is 2.45. The molecule has 0 aliphatic carbocycles. The Morgan fingerprint density at radius 1 is 1.11 bits per heavy atom. The molecule has 0 unspecified atom stereocenters. The molecular formula is C20H24ClN3O3. The Kier molecular flexibility index (Phi) is 6.65. The van der Waals surface area contributed by atoms with Crippen molar-refractivity contribution in [1.82, 2.24) is 10.6 Å². The van der Waals surface area contributed by atoms with Crippen molar-refractivity contribution in [1.29, 1.82) is 0 Å². The number of fused-ring (bicyclic) bond motifs is 1. The Hall–Kier alpha value is -2.60. The van der Waals surface area contributed by atoms with Gasteiger partial charge in [-0.05, 0) is 35.4 Å². The predicted octanol–water partition coefficient (Wildman–Crippen LogP) is 3.38. The van der Waals surface area contributed by atoms with Crippen molar-refractivity contribution in [3.63, 3.8) is 0 Å². The summed E-state index contributed by atoms with van der Waals surface area (Å²) in [5, 5.41) is 7.14. The van der Waals surface area contributed by atoms with E-state index in [1.165, 1.54) is 0 Å². The zero-order valence-electron chi connectivity index (χ0n) is 15.5. The minimum atomic E-state index is 0.561. The molecule has 0 saturated carbocycles. The molecule has 6 nitrogen and oxygen atoms in total. The van der Waals surface area contributed by atoms with Crippen molar-refractivity contribution in [3.05, 3.63) is 52.5 Å². The molecule has 1 aliphatic rings. The van der Waals surface area contributed by atoms with E-state index in [1.54, 1.807) is 14.2 Å². The first-order valence-electron chi connectivity index (χ1n) is 8.85. The molecule has 2 aromatic rings. The van der Waals surface area contributed by atoms with Crippen molar-refractivity contribution < 1.29 is 14.2 Å². The van der Waals surface area contributed by atoms with Crippen LogP contribution in [-0.2, 0) is 13.1 Å². The van der Waals surface area contributed by atoms with E-state index in [1.807, 2.05) is 36.4 Å². The lowest BCUT2D eigenvalue weighted by molar-refractivity contribution is 0.297. The van der Waals surface area contributed by atoms with Crippen molar-refractivity contribution in [3.8, 4) is 17.2 Å². The van der Waals surface area contributed by atoms with Crippen LogP contribution in [0.1, 0.15) is 17.5 Å². The van der Waals surface area contributed by atoms with Crippen LogP contribution >= 0.6 is 11.6 Å². The van der Waals surface area contributed by atoms with E-state index in [4.69, 9.17) is 25.8 Å². The van der Waals surface area contributed by atoms with Gasteiger partial charge in [-0.3, -0.25) is 4.99 Å². The molecule has 2 aromatic carbocycles. The summed E-state index contributed by atoms with van der Waals surface area (Å²) >= 11 is 6.35. The van der Waals surface area contributed by atoms with Crippen LogP contribution < -0.4 is 24.8 Å². The van der Waals surface area contributed by atoms with Gasteiger partial charge < -0.3 is 24.8 Å². The fraction of sp³-hybridized carbons (Fsp3) is 0.350. The number of guanidine groups is 1. The average Bonchev–Trinajstić information content (AvgIpc) is 2.94. The molecule has 2 N–H and O–H groups in total. The average molecular weight is 390 g/mol. The van der Waals surface area contributed by atoms with Crippen molar-refractivity contribution in [2.75, 3.05) is 27.4 Å². The van der Waals surface area contributed by atoms with Crippen molar-refractivity contribution in [2.45, 2.75) is 19.5 Å². The van der Waals surface area contributed by atoms with Crippen LogP contribution in [0.15, 0.2) is 41.4 Å². The maximum absolute atomic E-state index is 6.35. The molecule has 0 spiro atoms. The fourth-order valence-electron chi connectivity index (χ4n) is 2.76. The molecule has 7 heteroatoms. The summed E-state index contributed by atoms with van der Waals surface area (Å²) in [6, 6.07) is 11.7. The second-order valence-electron chi connectivity index (χ2n) is 6.09. The summed E-state index contributed by atoms with van der Waals surface area (Å²) in [5.41, 5.74) is 2.10. The van der Waals surface area contributed by atoms with E-state index >= 15 is 0 Å². The zero-order valence-corrected chi connectivity index (χ0v) is 16.3. The summed E-state index contributed by atoms with van der Waals surface area (Å²) < 4.78 is 16.6. The van der Waals surface area contributed by atoms with E-state index in [0.717, 1.165) is 23.3 Å². The Balaban J connectivity index is 1.59. The van der Waals surface area contributed by atoms with Gasteiger partial charge in [-0.1, -0.05) is 23.7 Å². The summed E-state index contributed by atoms with van der Waals surface area (Å²) in [6.07, 6.45) is 0.847. The Bertz CT molecular complexity index is 811. The number of benzene rings is 2. The minimum Gasteiger partial charge on any atom is -0.497 e. The number of hydrogen-bond acceptors (Lipinski definition) is 4. The molecule has 0 aromatic heterocycles. The smallest absolute Gasteiger partial charge is 0.191 e. The molecule has 0 radical (unpaired) electrons. The Morgan fingerprint density at radius 2 is 1.89 bits per heavy atom. The highest BCUT2D eigenvalue weighted by Gasteiger charge is 2.15. The number of nitrogens with zero attached hydrogens (tertiary/aromatic N) is 1. The Labute approximate surface area is 164 Å². The van der Waals surface area contributed by atoms with Crippen molar-refractivity contribution >= 4 is 17.6 Å². The third kappa shape index (κ3) is 5.20. The third-order valence-electron chi connectivity index (χ3n) is 4.14. The van der Waals surface area contributed by atoms with Gasteiger partial charge in [-0.2, -0.15) is 0 Å². The molecular weight excluding hydrogens is 366 g/mol.